The van der Waals surface area contributed by atoms with Gasteiger partial charge in [-0.2, -0.15) is 0 Å². The first-order valence-electron chi connectivity index (χ1n) is 12.2. The summed E-state index contributed by atoms with van der Waals surface area (Å²) in [6.07, 6.45) is 5.73. The van der Waals surface area contributed by atoms with Crippen LogP contribution in [-0.2, 0) is 9.47 Å². The van der Waals surface area contributed by atoms with E-state index in [9.17, 15) is 19.2 Å². The predicted molar refractivity (Wildman–Crippen MR) is 146 cm³/mol. The summed E-state index contributed by atoms with van der Waals surface area (Å²) in [6.45, 7) is 3.62. The molecule has 0 spiro atoms. The number of aromatic amines is 2. The number of nitrogens with zero attached hydrogens (tertiary/aromatic N) is 2. The van der Waals surface area contributed by atoms with Crippen molar-refractivity contribution in [1.82, 2.24) is 19.6 Å². The number of carbonyl (C=O) groups is 2. The Hall–Kier alpha value is -5.34. The first kappa shape index (κ1) is 26.7. The number of para-hydroxylation sites is 2. The maximum atomic E-state index is 13.1. The fourth-order valence-corrected chi connectivity index (χ4v) is 3.76. The average molecular weight is 527 g/mol. The fraction of sp³-hybridized carbons (Fsp3) is 0.138. The first-order valence-corrected chi connectivity index (χ1v) is 12.2. The standard InChI is InChI=1S/C29H26N4O6/c1-3-38-28(36)24-22(26(34)32(30-24)20-14-8-5-9-15-20)18-12-7-13-19-23-25(29(37)39-4-2)31-33(27(23)35)21-16-10-6-11-17-21/h5-12,14-19,30-31H,3-4H2,1-2H3. The Labute approximate surface area is 223 Å². The number of H-pyrrole nitrogens is 2. The van der Waals surface area contributed by atoms with E-state index in [1.807, 2.05) is 12.1 Å². The van der Waals surface area contributed by atoms with Crippen LogP contribution in [0.25, 0.3) is 23.5 Å². The van der Waals surface area contributed by atoms with Crippen LogP contribution in [0.15, 0.2) is 88.1 Å². The number of benzene rings is 2. The minimum absolute atomic E-state index is 0.000289. The molecule has 4 rings (SSSR count). The number of aromatic nitrogens is 4. The van der Waals surface area contributed by atoms with Crippen molar-refractivity contribution in [3.05, 3.63) is 122 Å². The molecule has 0 saturated heterocycles. The lowest BCUT2D eigenvalue weighted by Crippen LogP contribution is -2.15. The summed E-state index contributed by atoms with van der Waals surface area (Å²) in [5.41, 5.74) is 3.16. The molecule has 0 saturated carbocycles. The molecule has 2 aromatic heterocycles. The van der Waals surface area contributed by atoms with Crippen molar-refractivity contribution in [2.24, 2.45) is 0 Å². The molecule has 10 heteroatoms. The van der Waals surface area contributed by atoms with Gasteiger partial charge in [0.2, 0.25) is 0 Å². The predicted octanol–water partition coefficient (Wildman–Crippen LogP) is 3.88. The smallest absolute Gasteiger partial charge is 0.357 e. The van der Waals surface area contributed by atoms with Gasteiger partial charge in [-0.3, -0.25) is 19.8 Å². The molecule has 0 aliphatic rings. The van der Waals surface area contributed by atoms with Crippen LogP contribution in [0.1, 0.15) is 46.0 Å². The van der Waals surface area contributed by atoms with E-state index in [2.05, 4.69) is 15.9 Å². The van der Waals surface area contributed by atoms with Gasteiger partial charge in [0.1, 0.15) is 0 Å². The van der Waals surface area contributed by atoms with Crippen LogP contribution in [0.5, 0.6) is 0 Å². The molecule has 2 aromatic carbocycles. The van der Waals surface area contributed by atoms with Gasteiger partial charge < -0.3 is 9.47 Å². The van der Waals surface area contributed by atoms with Crippen molar-refractivity contribution in [1.29, 1.82) is 0 Å². The number of hydrogen-bond donors (Lipinski definition) is 2. The third kappa shape index (κ3) is 5.82. The number of allylic oxidation sites excluding steroid dienone is 2. The second-order valence-corrected chi connectivity index (χ2v) is 8.03. The molecule has 0 fully saturated rings. The Balaban J connectivity index is 1.70. The molecule has 2 N–H and O–H groups in total. The lowest BCUT2D eigenvalue weighted by molar-refractivity contribution is 0.0509. The van der Waals surface area contributed by atoms with Gasteiger partial charge >= 0.3 is 11.9 Å². The molecule has 0 amide bonds. The first-order chi connectivity index (χ1) is 19.0. The van der Waals surface area contributed by atoms with Gasteiger partial charge in [0.25, 0.3) is 11.1 Å². The zero-order chi connectivity index (χ0) is 27.8. The van der Waals surface area contributed by atoms with Crippen molar-refractivity contribution in [2.75, 3.05) is 13.2 Å². The van der Waals surface area contributed by atoms with Crippen LogP contribution in [0.3, 0.4) is 0 Å². The Bertz CT molecular complexity index is 1680. The van der Waals surface area contributed by atoms with Crippen molar-refractivity contribution in [2.45, 2.75) is 13.8 Å². The van der Waals surface area contributed by atoms with Gasteiger partial charge in [0.15, 0.2) is 11.4 Å². The fourth-order valence-electron chi connectivity index (χ4n) is 3.76. The number of esters is 2. The van der Waals surface area contributed by atoms with Gasteiger partial charge in [0, 0.05) is 0 Å². The molecule has 198 valence electrons. The van der Waals surface area contributed by atoms with E-state index in [1.54, 1.807) is 62.4 Å². The van der Waals surface area contributed by atoms with Crippen LogP contribution in [0, 0.1) is 0 Å². The van der Waals surface area contributed by atoms with E-state index in [1.165, 1.54) is 33.7 Å². The maximum absolute atomic E-state index is 13.1. The van der Waals surface area contributed by atoms with Crippen LogP contribution >= 0.6 is 0 Å². The van der Waals surface area contributed by atoms with E-state index in [-0.39, 0.29) is 35.7 Å². The third-order valence-corrected chi connectivity index (χ3v) is 5.52. The maximum Gasteiger partial charge on any atom is 0.357 e. The highest BCUT2D eigenvalue weighted by molar-refractivity contribution is 5.92. The molecule has 0 aliphatic heterocycles. The molecule has 0 atom stereocenters. The highest BCUT2D eigenvalue weighted by atomic mass is 16.5. The lowest BCUT2D eigenvalue weighted by Gasteiger charge is -2.01. The summed E-state index contributed by atoms with van der Waals surface area (Å²) in [6, 6.07) is 17.6. The molecule has 2 heterocycles. The summed E-state index contributed by atoms with van der Waals surface area (Å²) < 4.78 is 12.7. The van der Waals surface area contributed by atoms with Crippen LogP contribution in [0.2, 0.25) is 0 Å². The minimum atomic E-state index is -0.680. The molecule has 0 aliphatic carbocycles. The highest BCUT2D eigenvalue weighted by Crippen LogP contribution is 2.12. The monoisotopic (exact) mass is 526 g/mol. The summed E-state index contributed by atoms with van der Waals surface area (Å²) >= 11 is 0. The average Bonchev–Trinajstić information content (AvgIpc) is 3.46. The quantitative estimate of drug-likeness (QED) is 0.194. The molecule has 10 nitrogen and oxygen atoms in total. The summed E-state index contributed by atoms with van der Waals surface area (Å²) in [5.74, 6) is -1.35. The summed E-state index contributed by atoms with van der Waals surface area (Å²) in [5, 5.41) is 5.61. The van der Waals surface area contributed by atoms with Crippen LogP contribution in [0.4, 0.5) is 0 Å². The topological polar surface area (TPSA) is 128 Å². The SMILES string of the molecule is CCOC(=O)c1[nH]n(-c2ccccc2)c(=O)c1C=C=CC=Cc1c(C(=O)OCC)[nH]n(-c2ccccc2)c1=O. The molecular weight excluding hydrogens is 500 g/mol. The van der Waals surface area contributed by atoms with Crippen molar-refractivity contribution in [3.63, 3.8) is 0 Å². The number of carbonyl (C=O) groups excluding carboxylic acids is 2. The van der Waals surface area contributed by atoms with Gasteiger partial charge in [-0.25, -0.2) is 19.0 Å². The van der Waals surface area contributed by atoms with Gasteiger partial charge in [-0.15, -0.1) is 5.73 Å². The normalized spacial score (nSPS) is 10.7. The van der Waals surface area contributed by atoms with E-state index in [0.717, 1.165) is 0 Å². The van der Waals surface area contributed by atoms with Gasteiger partial charge in [-0.1, -0.05) is 42.5 Å². The number of rotatable bonds is 9. The minimum Gasteiger partial charge on any atom is -0.461 e. The Morgan fingerprint density at radius 3 is 1.72 bits per heavy atom. The molecule has 4 aromatic rings. The molecule has 0 radical (unpaired) electrons. The summed E-state index contributed by atoms with van der Waals surface area (Å²) in [4.78, 5) is 51.1. The Morgan fingerprint density at radius 1 is 0.769 bits per heavy atom. The molecular formula is C29H26N4O6. The molecule has 0 unspecified atom stereocenters. The lowest BCUT2D eigenvalue weighted by atomic mass is 10.2. The van der Waals surface area contributed by atoms with E-state index < -0.39 is 23.1 Å². The molecule has 0 bridgehead atoms. The number of hydrogen-bond acceptors (Lipinski definition) is 6. The van der Waals surface area contributed by atoms with Crippen molar-refractivity contribution < 1.29 is 19.1 Å². The second kappa shape index (κ2) is 12.3. The zero-order valence-electron chi connectivity index (χ0n) is 21.3. The van der Waals surface area contributed by atoms with Gasteiger partial charge in [0.05, 0.1) is 35.7 Å². The summed E-state index contributed by atoms with van der Waals surface area (Å²) in [7, 11) is 0. The van der Waals surface area contributed by atoms with E-state index >= 15 is 0 Å². The van der Waals surface area contributed by atoms with Gasteiger partial charge in [-0.05, 0) is 56.3 Å². The third-order valence-electron chi connectivity index (χ3n) is 5.52. The van der Waals surface area contributed by atoms with E-state index in [4.69, 9.17) is 9.47 Å². The van der Waals surface area contributed by atoms with Crippen molar-refractivity contribution in [3.8, 4) is 11.4 Å². The Kier molecular flexibility index (Phi) is 8.40. The van der Waals surface area contributed by atoms with E-state index in [0.29, 0.717) is 11.4 Å². The number of nitrogens with one attached hydrogen (secondary N) is 2. The zero-order valence-corrected chi connectivity index (χ0v) is 21.3. The second-order valence-electron chi connectivity index (χ2n) is 8.03. The van der Waals surface area contributed by atoms with Crippen LogP contribution in [-0.4, -0.2) is 44.7 Å². The number of ether oxygens (including phenoxy) is 2. The molecule has 39 heavy (non-hydrogen) atoms. The highest BCUT2D eigenvalue weighted by Gasteiger charge is 2.21. The van der Waals surface area contributed by atoms with Crippen molar-refractivity contribution >= 4 is 24.1 Å². The largest absolute Gasteiger partial charge is 0.461 e. The van der Waals surface area contributed by atoms with Crippen LogP contribution < -0.4 is 11.1 Å². The Morgan fingerprint density at radius 2 is 1.23 bits per heavy atom.